The van der Waals surface area contributed by atoms with Crippen molar-refractivity contribution in [1.29, 1.82) is 0 Å². The van der Waals surface area contributed by atoms with Gasteiger partial charge in [-0.05, 0) is 25.3 Å². The van der Waals surface area contributed by atoms with Crippen LogP contribution in [0.25, 0.3) is 0 Å². The van der Waals surface area contributed by atoms with E-state index in [1.54, 1.807) is 6.07 Å². The Kier molecular flexibility index (Phi) is 2.74. The summed E-state index contributed by atoms with van der Waals surface area (Å²) in [6.07, 6.45) is 3.60. The molecular weight excluding hydrogens is 215 g/mol. The number of halogens is 2. The van der Waals surface area contributed by atoms with E-state index in [9.17, 15) is 4.39 Å². The quantitative estimate of drug-likeness (QED) is 0.789. The average molecular weight is 229 g/mol. The van der Waals surface area contributed by atoms with Crippen LogP contribution in [0.15, 0.2) is 12.1 Å². The Balaban J connectivity index is 2.30. The molecule has 2 rings (SSSR count). The fraction of sp³-hybridized carbons (Fsp3) is 0.455. The van der Waals surface area contributed by atoms with E-state index < -0.39 is 5.82 Å². The van der Waals surface area contributed by atoms with E-state index in [4.69, 9.17) is 17.3 Å². The summed E-state index contributed by atoms with van der Waals surface area (Å²) < 4.78 is 13.1. The van der Waals surface area contributed by atoms with E-state index in [-0.39, 0.29) is 5.02 Å². The van der Waals surface area contributed by atoms with Gasteiger partial charge >= 0.3 is 0 Å². The van der Waals surface area contributed by atoms with Crippen LogP contribution in [0, 0.1) is 5.82 Å². The molecule has 1 aliphatic rings. The fourth-order valence-corrected chi connectivity index (χ4v) is 1.99. The van der Waals surface area contributed by atoms with E-state index in [0.717, 1.165) is 5.69 Å². The number of nitrogens with two attached hydrogens (primary N) is 1. The van der Waals surface area contributed by atoms with Crippen molar-refractivity contribution in [2.45, 2.75) is 25.3 Å². The van der Waals surface area contributed by atoms with Gasteiger partial charge in [-0.15, -0.1) is 0 Å². The van der Waals surface area contributed by atoms with Crippen molar-refractivity contribution in [3.8, 4) is 0 Å². The summed E-state index contributed by atoms with van der Waals surface area (Å²) in [5.74, 6) is -0.458. The molecule has 15 heavy (non-hydrogen) atoms. The molecule has 1 aliphatic carbocycles. The SMILES string of the molecule is CN(c1cc(Cl)c(F)cc1N)C1CCC1. The molecule has 0 saturated heterocycles. The summed E-state index contributed by atoms with van der Waals surface area (Å²) in [6, 6.07) is 3.41. The summed E-state index contributed by atoms with van der Waals surface area (Å²) in [4.78, 5) is 2.09. The van der Waals surface area contributed by atoms with Crippen LogP contribution in [-0.4, -0.2) is 13.1 Å². The number of hydrogen-bond acceptors (Lipinski definition) is 2. The summed E-state index contributed by atoms with van der Waals surface area (Å²) in [6.45, 7) is 0. The lowest BCUT2D eigenvalue weighted by Gasteiger charge is -2.37. The first-order valence-electron chi connectivity index (χ1n) is 5.07. The molecule has 0 radical (unpaired) electrons. The number of nitrogen functional groups attached to an aromatic ring is 1. The second-order valence-corrected chi connectivity index (χ2v) is 4.43. The minimum absolute atomic E-state index is 0.130. The van der Waals surface area contributed by atoms with Crippen LogP contribution in [0.1, 0.15) is 19.3 Å². The highest BCUT2D eigenvalue weighted by atomic mass is 35.5. The lowest BCUT2D eigenvalue weighted by molar-refractivity contribution is 0.401. The van der Waals surface area contributed by atoms with Crippen LogP contribution in [0.3, 0.4) is 0 Å². The maximum absolute atomic E-state index is 13.1. The molecule has 0 atom stereocenters. The van der Waals surface area contributed by atoms with E-state index in [0.29, 0.717) is 11.7 Å². The largest absolute Gasteiger partial charge is 0.397 e. The summed E-state index contributed by atoms with van der Waals surface area (Å²) >= 11 is 5.74. The van der Waals surface area contributed by atoms with Gasteiger partial charge in [-0.1, -0.05) is 11.6 Å². The predicted molar refractivity (Wildman–Crippen MR) is 61.9 cm³/mol. The Morgan fingerprint density at radius 3 is 2.67 bits per heavy atom. The third-order valence-electron chi connectivity index (χ3n) is 3.07. The molecule has 82 valence electrons. The third-order valence-corrected chi connectivity index (χ3v) is 3.36. The zero-order valence-electron chi connectivity index (χ0n) is 8.63. The minimum atomic E-state index is -0.458. The van der Waals surface area contributed by atoms with Gasteiger partial charge in [-0.3, -0.25) is 0 Å². The Morgan fingerprint density at radius 1 is 1.47 bits per heavy atom. The molecule has 1 saturated carbocycles. The van der Waals surface area contributed by atoms with Crippen molar-refractivity contribution in [3.63, 3.8) is 0 Å². The van der Waals surface area contributed by atoms with E-state index in [1.165, 1.54) is 25.3 Å². The van der Waals surface area contributed by atoms with Crippen LogP contribution in [0.2, 0.25) is 5.02 Å². The van der Waals surface area contributed by atoms with Crippen molar-refractivity contribution in [2.24, 2.45) is 0 Å². The van der Waals surface area contributed by atoms with Crippen LogP contribution >= 0.6 is 11.6 Å². The smallest absolute Gasteiger partial charge is 0.143 e. The van der Waals surface area contributed by atoms with Crippen LogP contribution in [0.5, 0.6) is 0 Å². The maximum atomic E-state index is 13.1. The van der Waals surface area contributed by atoms with Gasteiger partial charge in [0.1, 0.15) is 5.82 Å². The number of benzene rings is 1. The Morgan fingerprint density at radius 2 is 2.13 bits per heavy atom. The third kappa shape index (κ3) is 1.88. The van der Waals surface area contributed by atoms with Gasteiger partial charge in [0, 0.05) is 19.2 Å². The first-order chi connectivity index (χ1) is 7.09. The van der Waals surface area contributed by atoms with Gasteiger partial charge in [0.15, 0.2) is 0 Å². The first-order valence-corrected chi connectivity index (χ1v) is 5.44. The van der Waals surface area contributed by atoms with Crippen molar-refractivity contribution in [3.05, 3.63) is 23.0 Å². The van der Waals surface area contributed by atoms with Gasteiger partial charge in [0.05, 0.1) is 16.4 Å². The molecule has 0 aromatic heterocycles. The topological polar surface area (TPSA) is 29.3 Å². The standard InChI is InChI=1S/C11H14ClFN2/c1-15(7-3-2-4-7)11-5-8(12)9(13)6-10(11)14/h5-7H,2-4,14H2,1H3. The molecule has 0 unspecified atom stereocenters. The number of rotatable bonds is 2. The van der Waals surface area contributed by atoms with Crippen molar-refractivity contribution < 1.29 is 4.39 Å². The molecule has 0 heterocycles. The molecule has 0 bridgehead atoms. The van der Waals surface area contributed by atoms with Gasteiger partial charge in [0.2, 0.25) is 0 Å². The van der Waals surface area contributed by atoms with E-state index >= 15 is 0 Å². The monoisotopic (exact) mass is 228 g/mol. The van der Waals surface area contributed by atoms with E-state index in [1.807, 2.05) is 7.05 Å². The summed E-state index contributed by atoms with van der Waals surface area (Å²) in [5, 5.41) is 0.130. The van der Waals surface area contributed by atoms with Crippen molar-refractivity contribution in [2.75, 3.05) is 17.7 Å². The normalized spacial score (nSPS) is 16.2. The molecule has 1 aromatic rings. The molecule has 1 fully saturated rings. The second kappa shape index (κ2) is 3.89. The fourth-order valence-electron chi connectivity index (χ4n) is 1.83. The number of hydrogen-bond donors (Lipinski definition) is 1. The molecule has 0 spiro atoms. The van der Waals surface area contributed by atoms with Crippen LogP contribution in [0.4, 0.5) is 15.8 Å². The minimum Gasteiger partial charge on any atom is -0.397 e. The highest BCUT2D eigenvalue weighted by molar-refractivity contribution is 6.31. The molecule has 0 aliphatic heterocycles. The Hall–Kier alpha value is -0.960. The molecule has 1 aromatic carbocycles. The van der Waals surface area contributed by atoms with Gasteiger partial charge in [0.25, 0.3) is 0 Å². The number of anilines is 2. The molecule has 0 amide bonds. The zero-order valence-corrected chi connectivity index (χ0v) is 9.39. The van der Waals surface area contributed by atoms with Gasteiger partial charge in [-0.25, -0.2) is 4.39 Å². The lowest BCUT2D eigenvalue weighted by Crippen LogP contribution is -2.37. The second-order valence-electron chi connectivity index (χ2n) is 4.02. The summed E-state index contributed by atoms with van der Waals surface area (Å²) in [7, 11) is 1.98. The van der Waals surface area contributed by atoms with Crippen LogP contribution < -0.4 is 10.6 Å². The van der Waals surface area contributed by atoms with E-state index in [2.05, 4.69) is 4.90 Å². The lowest BCUT2D eigenvalue weighted by atomic mass is 9.91. The van der Waals surface area contributed by atoms with Crippen molar-refractivity contribution >= 4 is 23.0 Å². The van der Waals surface area contributed by atoms with Gasteiger partial charge in [-0.2, -0.15) is 0 Å². The summed E-state index contributed by atoms with van der Waals surface area (Å²) in [5.41, 5.74) is 7.04. The predicted octanol–water partition coefficient (Wildman–Crippen LogP) is 3.05. The highest BCUT2D eigenvalue weighted by Crippen LogP contribution is 2.34. The Labute approximate surface area is 93.8 Å². The van der Waals surface area contributed by atoms with Gasteiger partial charge < -0.3 is 10.6 Å². The molecule has 4 heteroatoms. The molecule has 2 N–H and O–H groups in total. The average Bonchev–Trinajstić information content (AvgIpc) is 2.08. The maximum Gasteiger partial charge on any atom is 0.143 e. The van der Waals surface area contributed by atoms with Crippen LogP contribution in [-0.2, 0) is 0 Å². The highest BCUT2D eigenvalue weighted by Gasteiger charge is 2.24. The Bertz CT molecular complexity index is 377. The zero-order chi connectivity index (χ0) is 11.0. The molecule has 2 nitrogen and oxygen atoms in total. The molecular formula is C11H14ClFN2. The number of nitrogens with zero attached hydrogens (tertiary/aromatic N) is 1. The van der Waals surface area contributed by atoms with Crippen molar-refractivity contribution in [1.82, 2.24) is 0 Å². The first kappa shape index (κ1) is 10.6.